The van der Waals surface area contributed by atoms with E-state index >= 15 is 0 Å². The van der Waals surface area contributed by atoms with Crippen molar-refractivity contribution < 1.29 is 9.90 Å². The average molecular weight is 236 g/mol. The zero-order chi connectivity index (χ0) is 12.8. The Morgan fingerprint density at radius 1 is 1.53 bits per heavy atom. The molecule has 0 saturated heterocycles. The van der Waals surface area contributed by atoms with Crippen LogP contribution in [0.3, 0.4) is 0 Å². The Hall–Kier alpha value is -1.55. The Morgan fingerprint density at radius 3 is 2.82 bits per heavy atom. The van der Waals surface area contributed by atoms with Crippen LogP contribution in [-0.2, 0) is 4.79 Å². The Kier molecular flexibility index (Phi) is 4.97. The van der Waals surface area contributed by atoms with E-state index in [-0.39, 0.29) is 17.6 Å². The van der Waals surface area contributed by atoms with E-state index in [0.717, 1.165) is 12.8 Å². The summed E-state index contributed by atoms with van der Waals surface area (Å²) in [5.74, 6) is 0.159. The molecule has 0 aliphatic heterocycles. The zero-order valence-corrected chi connectivity index (χ0v) is 10.4. The van der Waals surface area contributed by atoms with Gasteiger partial charge in [-0.3, -0.25) is 4.79 Å². The highest BCUT2D eigenvalue weighted by molar-refractivity contribution is 5.94. The van der Waals surface area contributed by atoms with Crippen LogP contribution in [0.2, 0.25) is 0 Å². The number of rotatable bonds is 5. The molecular weight excluding hydrogens is 216 g/mol. The maximum absolute atomic E-state index is 12.1. The highest BCUT2D eigenvalue weighted by Gasteiger charge is 2.18. The number of carbonyl (C=O) groups excluding carboxylic acids is 1. The van der Waals surface area contributed by atoms with Gasteiger partial charge in [-0.15, -0.1) is 0 Å². The quantitative estimate of drug-likeness (QED) is 0.818. The first-order chi connectivity index (χ1) is 8.06. The number of anilines is 1. The highest BCUT2D eigenvalue weighted by atomic mass is 16.3. The second-order valence-corrected chi connectivity index (χ2v) is 4.25. The summed E-state index contributed by atoms with van der Waals surface area (Å²) in [7, 11) is 1.72. The summed E-state index contributed by atoms with van der Waals surface area (Å²) < 4.78 is 0. The summed E-state index contributed by atoms with van der Waals surface area (Å²) in [6, 6.07) is 6.68. The third kappa shape index (κ3) is 3.75. The van der Waals surface area contributed by atoms with E-state index in [1.165, 1.54) is 0 Å². The smallest absolute Gasteiger partial charge is 0.229 e. The SMILES string of the molecule is CC(CCCN)C(=O)N(C)c1cccc(O)c1. The number of benzene rings is 1. The second kappa shape index (κ2) is 6.25. The lowest BCUT2D eigenvalue weighted by molar-refractivity contribution is -0.121. The molecule has 0 saturated carbocycles. The molecule has 0 radical (unpaired) electrons. The molecule has 4 nitrogen and oxygen atoms in total. The standard InChI is InChI=1S/C13H20N2O2/c1-10(5-4-8-14)13(17)15(2)11-6-3-7-12(16)9-11/h3,6-7,9-10,16H,4-5,8,14H2,1-2H3. The molecule has 1 atom stereocenters. The molecule has 0 heterocycles. The minimum Gasteiger partial charge on any atom is -0.508 e. The van der Waals surface area contributed by atoms with Crippen molar-refractivity contribution in [3.05, 3.63) is 24.3 Å². The van der Waals surface area contributed by atoms with Crippen molar-refractivity contribution in [1.29, 1.82) is 0 Å². The van der Waals surface area contributed by atoms with Gasteiger partial charge in [0.1, 0.15) is 5.75 Å². The first-order valence-corrected chi connectivity index (χ1v) is 5.83. The molecule has 4 heteroatoms. The Morgan fingerprint density at radius 2 is 2.24 bits per heavy atom. The maximum Gasteiger partial charge on any atom is 0.229 e. The van der Waals surface area contributed by atoms with Gasteiger partial charge in [0.25, 0.3) is 0 Å². The third-order valence-corrected chi connectivity index (χ3v) is 2.81. The normalized spacial score (nSPS) is 12.2. The number of nitrogens with two attached hydrogens (primary N) is 1. The molecule has 0 spiro atoms. The molecule has 1 rings (SSSR count). The van der Waals surface area contributed by atoms with E-state index in [4.69, 9.17) is 5.73 Å². The van der Waals surface area contributed by atoms with Crippen LogP contribution >= 0.6 is 0 Å². The van der Waals surface area contributed by atoms with Gasteiger partial charge >= 0.3 is 0 Å². The fourth-order valence-corrected chi connectivity index (χ4v) is 1.71. The monoisotopic (exact) mass is 236 g/mol. The topological polar surface area (TPSA) is 66.6 Å². The van der Waals surface area contributed by atoms with Gasteiger partial charge in [-0.25, -0.2) is 0 Å². The summed E-state index contributed by atoms with van der Waals surface area (Å²) in [6.07, 6.45) is 1.64. The summed E-state index contributed by atoms with van der Waals surface area (Å²) >= 11 is 0. The molecule has 0 aliphatic carbocycles. The van der Waals surface area contributed by atoms with Crippen LogP contribution in [0.25, 0.3) is 0 Å². The fourth-order valence-electron chi connectivity index (χ4n) is 1.71. The number of nitrogens with zero attached hydrogens (tertiary/aromatic N) is 1. The number of carbonyl (C=O) groups is 1. The summed E-state index contributed by atoms with van der Waals surface area (Å²) in [6.45, 7) is 2.50. The zero-order valence-electron chi connectivity index (χ0n) is 10.4. The van der Waals surface area contributed by atoms with Crippen LogP contribution in [0.1, 0.15) is 19.8 Å². The van der Waals surface area contributed by atoms with Gasteiger partial charge in [0.05, 0.1) is 0 Å². The van der Waals surface area contributed by atoms with Crippen molar-refractivity contribution in [3.8, 4) is 5.75 Å². The molecule has 17 heavy (non-hydrogen) atoms. The summed E-state index contributed by atoms with van der Waals surface area (Å²) in [5.41, 5.74) is 6.13. The van der Waals surface area contributed by atoms with Gasteiger partial charge < -0.3 is 15.7 Å². The molecule has 1 aromatic carbocycles. The van der Waals surface area contributed by atoms with Gasteiger partial charge in [-0.1, -0.05) is 13.0 Å². The van der Waals surface area contributed by atoms with Crippen molar-refractivity contribution in [2.45, 2.75) is 19.8 Å². The van der Waals surface area contributed by atoms with Gasteiger partial charge in [0.2, 0.25) is 5.91 Å². The van der Waals surface area contributed by atoms with Gasteiger partial charge in [-0.05, 0) is 31.5 Å². The van der Waals surface area contributed by atoms with Crippen LogP contribution in [0.4, 0.5) is 5.69 Å². The van der Waals surface area contributed by atoms with Crippen molar-refractivity contribution >= 4 is 11.6 Å². The Labute approximate surface area is 102 Å². The predicted molar refractivity (Wildman–Crippen MR) is 69.0 cm³/mol. The van der Waals surface area contributed by atoms with Crippen LogP contribution in [0, 0.1) is 5.92 Å². The number of aromatic hydroxyl groups is 1. The van der Waals surface area contributed by atoms with E-state index in [2.05, 4.69) is 0 Å². The van der Waals surface area contributed by atoms with Gasteiger partial charge in [-0.2, -0.15) is 0 Å². The molecule has 0 aromatic heterocycles. The van der Waals surface area contributed by atoms with Crippen molar-refractivity contribution in [1.82, 2.24) is 0 Å². The second-order valence-electron chi connectivity index (χ2n) is 4.25. The minimum atomic E-state index is -0.0501. The van der Waals surface area contributed by atoms with Crippen LogP contribution in [0.5, 0.6) is 5.75 Å². The molecule has 1 aromatic rings. The van der Waals surface area contributed by atoms with Crippen molar-refractivity contribution in [2.24, 2.45) is 11.7 Å². The molecule has 0 bridgehead atoms. The number of hydrogen-bond acceptors (Lipinski definition) is 3. The lowest BCUT2D eigenvalue weighted by Gasteiger charge is -2.21. The first kappa shape index (κ1) is 13.5. The Balaban J connectivity index is 2.69. The number of phenolic OH excluding ortho intramolecular Hbond substituents is 1. The lowest BCUT2D eigenvalue weighted by Crippen LogP contribution is -2.31. The maximum atomic E-state index is 12.1. The lowest BCUT2D eigenvalue weighted by atomic mass is 10.0. The highest BCUT2D eigenvalue weighted by Crippen LogP contribution is 2.21. The van der Waals surface area contributed by atoms with Crippen LogP contribution in [-0.4, -0.2) is 24.6 Å². The molecular formula is C13H20N2O2. The molecule has 0 aliphatic rings. The average Bonchev–Trinajstić information content (AvgIpc) is 2.34. The number of amides is 1. The first-order valence-electron chi connectivity index (χ1n) is 5.83. The van der Waals surface area contributed by atoms with Crippen LogP contribution < -0.4 is 10.6 Å². The Bertz CT molecular complexity index is 379. The molecule has 3 N–H and O–H groups in total. The molecule has 1 unspecified atom stereocenters. The molecule has 94 valence electrons. The minimum absolute atomic E-state index is 0.0454. The van der Waals surface area contributed by atoms with Gasteiger partial charge in [0.15, 0.2) is 0 Å². The van der Waals surface area contributed by atoms with E-state index < -0.39 is 0 Å². The van der Waals surface area contributed by atoms with Crippen molar-refractivity contribution in [3.63, 3.8) is 0 Å². The van der Waals surface area contributed by atoms with E-state index in [1.54, 1.807) is 36.2 Å². The summed E-state index contributed by atoms with van der Waals surface area (Å²) in [4.78, 5) is 13.6. The van der Waals surface area contributed by atoms with Crippen LogP contribution in [0.15, 0.2) is 24.3 Å². The third-order valence-electron chi connectivity index (χ3n) is 2.81. The van der Waals surface area contributed by atoms with Crippen molar-refractivity contribution in [2.75, 3.05) is 18.5 Å². The van der Waals surface area contributed by atoms with E-state index in [0.29, 0.717) is 12.2 Å². The molecule has 1 amide bonds. The predicted octanol–water partition coefficient (Wildman–Crippen LogP) is 1.73. The van der Waals surface area contributed by atoms with E-state index in [9.17, 15) is 9.90 Å². The largest absolute Gasteiger partial charge is 0.508 e. The molecule has 0 fully saturated rings. The van der Waals surface area contributed by atoms with E-state index in [1.807, 2.05) is 6.92 Å². The van der Waals surface area contributed by atoms with Gasteiger partial charge in [0, 0.05) is 24.7 Å². The number of hydrogen-bond donors (Lipinski definition) is 2. The summed E-state index contributed by atoms with van der Waals surface area (Å²) in [5, 5.41) is 9.37. The fraction of sp³-hybridized carbons (Fsp3) is 0.462. The number of phenols is 1.